The number of carboxylic acid groups (broad SMARTS) is 1. The molecule has 7 nitrogen and oxygen atoms in total. The lowest BCUT2D eigenvalue weighted by Gasteiger charge is -2.40. The lowest BCUT2D eigenvalue weighted by molar-refractivity contribution is -0.160. The van der Waals surface area contributed by atoms with Crippen molar-refractivity contribution in [2.45, 2.75) is 79.7 Å². The Kier molecular flexibility index (Phi) is 8.59. The summed E-state index contributed by atoms with van der Waals surface area (Å²) < 4.78 is 26.1. The maximum atomic E-state index is 14.3. The van der Waals surface area contributed by atoms with E-state index in [4.69, 9.17) is 9.47 Å². The maximum absolute atomic E-state index is 14.3. The molecule has 0 radical (unpaired) electrons. The number of carboxylic acids is 1. The molecule has 0 bridgehead atoms. The Balaban J connectivity index is 2.17. The fourth-order valence-electron chi connectivity index (χ4n) is 4.27. The van der Waals surface area contributed by atoms with Crippen molar-refractivity contribution in [2.24, 2.45) is 11.3 Å². The average Bonchev–Trinajstić information content (AvgIpc) is 2.80. The second kappa shape index (κ2) is 11.1. The summed E-state index contributed by atoms with van der Waals surface area (Å²) in [4.78, 5) is 23.6. The van der Waals surface area contributed by atoms with Gasteiger partial charge in [-0.05, 0) is 57.1 Å². The van der Waals surface area contributed by atoms with Crippen LogP contribution in [0.25, 0.3) is 11.3 Å². The average molecular weight is 502 g/mol. The second-order valence-corrected chi connectivity index (χ2v) is 11.7. The topological polar surface area (TPSA) is 84.8 Å². The quantitative estimate of drug-likeness (QED) is 0.437. The molecule has 0 amide bonds. The number of aliphatic carboxylic acids is 1. The number of anilines is 1. The van der Waals surface area contributed by atoms with Crippen molar-refractivity contribution >= 4 is 11.7 Å². The summed E-state index contributed by atoms with van der Waals surface area (Å²) in [6, 6.07) is 3.68. The number of piperidine rings is 1. The van der Waals surface area contributed by atoms with Crippen LogP contribution >= 0.6 is 0 Å². The van der Waals surface area contributed by atoms with Gasteiger partial charge in [0.2, 0.25) is 0 Å². The van der Waals surface area contributed by atoms with E-state index in [9.17, 15) is 14.3 Å². The van der Waals surface area contributed by atoms with Gasteiger partial charge in [-0.2, -0.15) is 0 Å². The number of halogens is 1. The van der Waals surface area contributed by atoms with Gasteiger partial charge < -0.3 is 19.5 Å². The highest BCUT2D eigenvalue weighted by molar-refractivity contribution is 5.85. The molecule has 36 heavy (non-hydrogen) atoms. The van der Waals surface area contributed by atoms with Crippen molar-refractivity contribution < 1.29 is 23.8 Å². The maximum Gasteiger partial charge on any atom is 0.337 e. The summed E-state index contributed by atoms with van der Waals surface area (Å²) in [5.41, 5.74) is 1.65. The molecule has 1 atom stereocenters. The molecule has 1 saturated heterocycles. The van der Waals surface area contributed by atoms with E-state index in [1.165, 1.54) is 0 Å². The SMILES string of the molecule is CC(C)COc1ccc(-c2cnc(CF)c(C(OC(C)(C)C)C(=O)O)c2N2CCC(C)(C)CC2)nc1. The smallest absolute Gasteiger partial charge is 0.337 e. The molecule has 3 rings (SSSR count). The van der Waals surface area contributed by atoms with E-state index in [0.717, 1.165) is 12.8 Å². The van der Waals surface area contributed by atoms with Crippen molar-refractivity contribution in [3.05, 3.63) is 35.8 Å². The van der Waals surface area contributed by atoms with Crippen molar-refractivity contribution in [3.8, 4) is 17.0 Å². The molecule has 1 N–H and O–H groups in total. The van der Waals surface area contributed by atoms with Crippen LogP contribution < -0.4 is 9.64 Å². The zero-order valence-electron chi connectivity index (χ0n) is 22.6. The van der Waals surface area contributed by atoms with Crippen molar-refractivity contribution in [1.82, 2.24) is 9.97 Å². The van der Waals surface area contributed by atoms with Crippen LogP contribution in [0.4, 0.5) is 10.1 Å². The molecule has 0 aliphatic carbocycles. The third-order valence-electron chi connectivity index (χ3n) is 6.28. The molecule has 1 unspecified atom stereocenters. The highest BCUT2D eigenvalue weighted by Gasteiger charge is 2.36. The Morgan fingerprint density at radius 1 is 1.17 bits per heavy atom. The summed E-state index contributed by atoms with van der Waals surface area (Å²) in [5.74, 6) is -0.139. The Labute approximate surface area is 214 Å². The molecule has 8 heteroatoms. The normalized spacial score (nSPS) is 16.8. The number of pyridine rings is 2. The Bertz CT molecular complexity index is 1040. The van der Waals surface area contributed by atoms with E-state index >= 15 is 0 Å². The minimum Gasteiger partial charge on any atom is -0.492 e. The van der Waals surface area contributed by atoms with Crippen molar-refractivity contribution in [1.29, 1.82) is 0 Å². The fraction of sp³-hybridized carbons (Fsp3) is 0.607. The molecule has 2 aromatic rings. The van der Waals surface area contributed by atoms with Crippen molar-refractivity contribution in [2.75, 3.05) is 24.6 Å². The van der Waals surface area contributed by atoms with Crippen molar-refractivity contribution in [3.63, 3.8) is 0 Å². The van der Waals surface area contributed by atoms with Gasteiger partial charge in [0.15, 0.2) is 6.10 Å². The molecule has 2 aromatic heterocycles. The number of hydrogen-bond donors (Lipinski definition) is 1. The van der Waals surface area contributed by atoms with Crippen LogP contribution in [0, 0.1) is 11.3 Å². The number of rotatable bonds is 9. The third-order valence-corrected chi connectivity index (χ3v) is 6.28. The fourth-order valence-corrected chi connectivity index (χ4v) is 4.27. The number of carbonyl (C=O) groups is 1. The largest absolute Gasteiger partial charge is 0.492 e. The first-order chi connectivity index (χ1) is 16.8. The lowest BCUT2D eigenvalue weighted by Crippen LogP contribution is -2.39. The van der Waals surface area contributed by atoms with Gasteiger partial charge in [0.1, 0.15) is 12.4 Å². The van der Waals surface area contributed by atoms with Crippen LogP contribution in [0.5, 0.6) is 5.75 Å². The van der Waals surface area contributed by atoms with Gasteiger partial charge in [-0.3, -0.25) is 9.97 Å². The van der Waals surface area contributed by atoms with Crippen LogP contribution in [0.15, 0.2) is 24.5 Å². The number of ether oxygens (including phenoxy) is 2. The highest BCUT2D eigenvalue weighted by atomic mass is 19.1. The van der Waals surface area contributed by atoms with E-state index in [0.29, 0.717) is 48.3 Å². The zero-order chi connectivity index (χ0) is 26.7. The first-order valence-electron chi connectivity index (χ1n) is 12.6. The van der Waals surface area contributed by atoms with Gasteiger partial charge in [0.25, 0.3) is 0 Å². The van der Waals surface area contributed by atoms with E-state index in [-0.39, 0.29) is 16.7 Å². The summed E-state index contributed by atoms with van der Waals surface area (Å²) in [6.45, 7) is 15.1. The molecule has 198 valence electrons. The molecule has 1 aliphatic rings. The number of nitrogens with zero attached hydrogens (tertiary/aromatic N) is 3. The Morgan fingerprint density at radius 3 is 2.33 bits per heavy atom. The highest BCUT2D eigenvalue weighted by Crippen LogP contribution is 2.43. The van der Waals surface area contributed by atoms with Gasteiger partial charge in [-0.25, -0.2) is 9.18 Å². The zero-order valence-corrected chi connectivity index (χ0v) is 22.6. The lowest BCUT2D eigenvalue weighted by atomic mass is 9.82. The van der Waals surface area contributed by atoms with Gasteiger partial charge in [0, 0.05) is 30.4 Å². The third kappa shape index (κ3) is 6.93. The summed E-state index contributed by atoms with van der Waals surface area (Å²) in [6.07, 6.45) is 3.73. The molecule has 0 aromatic carbocycles. The monoisotopic (exact) mass is 501 g/mol. The van der Waals surface area contributed by atoms with Gasteiger partial charge >= 0.3 is 5.97 Å². The van der Waals surface area contributed by atoms with Gasteiger partial charge in [0.05, 0.1) is 35.5 Å². The molecule has 0 spiro atoms. The predicted octanol–water partition coefficient (Wildman–Crippen LogP) is 6.22. The van der Waals surface area contributed by atoms with Gasteiger partial charge in [-0.15, -0.1) is 0 Å². The summed E-state index contributed by atoms with van der Waals surface area (Å²) >= 11 is 0. The van der Waals surface area contributed by atoms with E-state index < -0.39 is 24.3 Å². The first-order valence-corrected chi connectivity index (χ1v) is 12.6. The summed E-state index contributed by atoms with van der Waals surface area (Å²) in [7, 11) is 0. The number of hydrogen-bond acceptors (Lipinski definition) is 6. The van der Waals surface area contributed by atoms with Gasteiger partial charge in [-0.1, -0.05) is 27.7 Å². The van der Waals surface area contributed by atoms with Crippen LogP contribution in [-0.2, 0) is 16.2 Å². The minimum atomic E-state index is -1.37. The Hall–Kier alpha value is -2.74. The molecular weight excluding hydrogens is 461 g/mol. The second-order valence-electron chi connectivity index (χ2n) is 11.7. The van der Waals surface area contributed by atoms with Crippen LogP contribution in [0.2, 0.25) is 0 Å². The Morgan fingerprint density at radius 2 is 1.83 bits per heavy atom. The van der Waals surface area contributed by atoms with E-state index in [1.807, 2.05) is 12.1 Å². The standard InChI is InChI=1S/C28H40FN3O4/c1-18(2)17-35-19-8-9-21(30-15-19)20-16-31-22(14-29)23(25(26(33)34)36-27(3,4)5)24(20)32-12-10-28(6,7)11-13-32/h8-9,15-16,18,25H,10-14,17H2,1-7H3,(H,33,34). The molecular formula is C28H40FN3O4. The molecule has 3 heterocycles. The number of aromatic nitrogens is 2. The molecule has 1 fully saturated rings. The van der Waals surface area contributed by atoms with Crippen LogP contribution in [0.3, 0.4) is 0 Å². The molecule has 0 saturated carbocycles. The number of alkyl halides is 1. The minimum absolute atomic E-state index is 0.0760. The first kappa shape index (κ1) is 27.8. The summed E-state index contributed by atoms with van der Waals surface area (Å²) in [5, 5.41) is 10.2. The van der Waals surface area contributed by atoms with E-state index in [1.54, 1.807) is 33.2 Å². The van der Waals surface area contributed by atoms with E-state index in [2.05, 4.69) is 42.6 Å². The molecule has 1 aliphatic heterocycles. The predicted molar refractivity (Wildman–Crippen MR) is 139 cm³/mol. The van der Waals surface area contributed by atoms with Crippen LogP contribution in [0.1, 0.15) is 78.7 Å². The van der Waals surface area contributed by atoms with Crippen LogP contribution in [-0.4, -0.2) is 46.3 Å².